The molecule has 3 N–H and O–H groups in total. The molecule has 1 fully saturated rings. The molecule has 0 aromatic carbocycles. The van der Waals surface area contributed by atoms with Crippen molar-refractivity contribution in [1.29, 1.82) is 0 Å². The zero-order valence-electron chi connectivity index (χ0n) is 7.03. The maximum absolute atomic E-state index is 10.2. The maximum Gasteiger partial charge on any atom is 0.506 e. The lowest BCUT2D eigenvalue weighted by molar-refractivity contribution is 0.0257. The lowest BCUT2D eigenvalue weighted by Gasteiger charge is -2.26. The molecule has 0 spiro atoms. The zero-order valence-corrected chi connectivity index (χ0v) is 7.03. The molecule has 0 heterocycles. The van der Waals surface area contributed by atoms with Crippen molar-refractivity contribution >= 4 is 6.16 Å². The quantitative estimate of drug-likeness (QED) is 0.615. The van der Waals surface area contributed by atoms with Crippen LogP contribution < -0.4 is 5.73 Å². The fraction of sp³-hybridized carbons (Fsp3) is 0.875. The van der Waals surface area contributed by atoms with Crippen molar-refractivity contribution in [2.45, 2.75) is 31.8 Å². The van der Waals surface area contributed by atoms with E-state index in [2.05, 4.69) is 4.74 Å². The molecule has 0 aromatic heterocycles. The highest BCUT2D eigenvalue weighted by atomic mass is 16.7. The zero-order chi connectivity index (χ0) is 8.97. The first kappa shape index (κ1) is 9.32. The third-order valence-corrected chi connectivity index (χ3v) is 2.34. The number of carboxylic acid groups (broad SMARTS) is 1. The molecule has 4 nitrogen and oxygen atoms in total. The fourth-order valence-electron chi connectivity index (χ4n) is 1.71. The van der Waals surface area contributed by atoms with Gasteiger partial charge < -0.3 is 15.6 Å². The molecule has 0 aromatic rings. The minimum atomic E-state index is -1.17. The number of hydrogen-bond donors (Lipinski definition) is 2. The Hall–Kier alpha value is -0.770. The predicted octanol–water partition coefficient (Wildman–Crippen LogP) is 1.20. The second-order valence-electron chi connectivity index (χ2n) is 3.27. The van der Waals surface area contributed by atoms with Crippen LogP contribution in [0.2, 0.25) is 0 Å². The first-order valence-electron chi connectivity index (χ1n) is 4.32. The number of carbonyl (C=O) groups is 1. The molecule has 1 saturated carbocycles. The van der Waals surface area contributed by atoms with Crippen LogP contribution in [0.1, 0.15) is 25.7 Å². The molecule has 2 atom stereocenters. The third-order valence-electron chi connectivity index (χ3n) is 2.34. The molecule has 1 aliphatic rings. The first-order valence-corrected chi connectivity index (χ1v) is 4.32. The molecule has 0 saturated heterocycles. The summed E-state index contributed by atoms with van der Waals surface area (Å²) in [7, 11) is 0. The highest BCUT2D eigenvalue weighted by Gasteiger charge is 2.23. The molecule has 12 heavy (non-hydrogen) atoms. The van der Waals surface area contributed by atoms with E-state index in [0.29, 0.717) is 12.5 Å². The van der Waals surface area contributed by atoms with Crippen molar-refractivity contribution in [3.05, 3.63) is 0 Å². The van der Waals surface area contributed by atoms with Crippen molar-refractivity contribution in [2.75, 3.05) is 6.54 Å². The van der Waals surface area contributed by atoms with Crippen LogP contribution in [0, 0.1) is 5.92 Å². The maximum atomic E-state index is 10.2. The summed E-state index contributed by atoms with van der Waals surface area (Å²) in [6.07, 6.45) is 2.49. The Balaban J connectivity index is 2.30. The number of hydrogen-bond acceptors (Lipinski definition) is 3. The van der Waals surface area contributed by atoms with Gasteiger partial charge in [0.05, 0.1) is 0 Å². The van der Waals surface area contributed by atoms with E-state index >= 15 is 0 Å². The highest BCUT2D eigenvalue weighted by molar-refractivity contribution is 5.57. The Labute approximate surface area is 71.7 Å². The van der Waals surface area contributed by atoms with Crippen LogP contribution in [0.25, 0.3) is 0 Å². The Morgan fingerprint density at radius 2 is 2.33 bits per heavy atom. The minimum Gasteiger partial charge on any atom is -0.450 e. The van der Waals surface area contributed by atoms with E-state index in [1.54, 1.807) is 0 Å². The standard InChI is InChI=1S/C8H15NO3/c9-5-6-2-1-3-7(4-6)12-8(10)11/h6-7H,1-5,9H2,(H,10,11)/t6-,7-/m1/s1. The smallest absolute Gasteiger partial charge is 0.450 e. The van der Waals surface area contributed by atoms with Gasteiger partial charge in [0.1, 0.15) is 6.10 Å². The van der Waals surface area contributed by atoms with Gasteiger partial charge in [-0.05, 0) is 38.1 Å². The van der Waals surface area contributed by atoms with E-state index in [1.807, 2.05) is 0 Å². The summed E-state index contributed by atoms with van der Waals surface area (Å²) in [5.41, 5.74) is 5.49. The average Bonchev–Trinajstić information content (AvgIpc) is 2.03. The molecule has 0 bridgehead atoms. The number of nitrogens with two attached hydrogens (primary N) is 1. The summed E-state index contributed by atoms with van der Waals surface area (Å²) >= 11 is 0. The Morgan fingerprint density at radius 3 is 2.92 bits per heavy atom. The molecule has 1 aliphatic carbocycles. The van der Waals surface area contributed by atoms with Crippen LogP contribution in [0.15, 0.2) is 0 Å². The van der Waals surface area contributed by atoms with Crippen LogP contribution in [0.5, 0.6) is 0 Å². The van der Waals surface area contributed by atoms with E-state index in [1.165, 1.54) is 0 Å². The third kappa shape index (κ3) is 2.70. The summed E-state index contributed by atoms with van der Waals surface area (Å²) < 4.78 is 4.68. The molecule has 0 amide bonds. The van der Waals surface area contributed by atoms with Crippen LogP contribution in [-0.4, -0.2) is 23.9 Å². The topological polar surface area (TPSA) is 72.5 Å². The number of rotatable bonds is 2. The SMILES string of the molecule is NC[C@@H]1CCC[C@@H](OC(=O)O)C1. The molecule has 0 unspecified atom stereocenters. The Kier molecular flexibility index (Phi) is 3.34. The Morgan fingerprint density at radius 1 is 1.58 bits per heavy atom. The van der Waals surface area contributed by atoms with Crippen molar-refractivity contribution in [3.63, 3.8) is 0 Å². The van der Waals surface area contributed by atoms with Crippen molar-refractivity contribution in [2.24, 2.45) is 11.7 Å². The van der Waals surface area contributed by atoms with Gasteiger partial charge >= 0.3 is 6.16 Å². The lowest BCUT2D eigenvalue weighted by Crippen LogP contribution is -2.28. The van der Waals surface area contributed by atoms with Crippen LogP contribution in [-0.2, 0) is 4.74 Å². The van der Waals surface area contributed by atoms with E-state index in [-0.39, 0.29) is 6.10 Å². The van der Waals surface area contributed by atoms with Gasteiger partial charge in [0.2, 0.25) is 0 Å². The van der Waals surface area contributed by atoms with Crippen molar-refractivity contribution in [1.82, 2.24) is 0 Å². The van der Waals surface area contributed by atoms with Crippen LogP contribution in [0.3, 0.4) is 0 Å². The molecular formula is C8H15NO3. The van der Waals surface area contributed by atoms with Gasteiger partial charge in [0.25, 0.3) is 0 Å². The monoisotopic (exact) mass is 173 g/mol. The second-order valence-corrected chi connectivity index (χ2v) is 3.27. The minimum absolute atomic E-state index is 0.121. The summed E-state index contributed by atoms with van der Waals surface area (Å²) in [5.74, 6) is 0.447. The summed E-state index contributed by atoms with van der Waals surface area (Å²) in [6.45, 7) is 0.638. The van der Waals surface area contributed by atoms with E-state index in [4.69, 9.17) is 10.8 Å². The summed E-state index contributed by atoms with van der Waals surface area (Å²) in [5, 5.41) is 8.37. The van der Waals surface area contributed by atoms with Crippen molar-refractivity contribution in [3.8, 4) is 0 Å². The lowest BCUT2D eigenvalue weighted by atomic mass is 9.87. The Bertz CT molecular complexity index is 160. The molecule has 0 aliphatic heterocycles. The van der Waals surface area contributed by atoms with Crippen molar-refractivity contribution < 1.29 is 14.6 Å². The van der Waals surface area contributed by atoms with E-state index < -0.39 is 6.16 Å². The highest BCUT2D eigenvalue weighted by Crippen LogP contribution is 2.25. The van der Waals surface area contributed by atoms with Crippen LogP contribution >= 0.6 is 0 Å². The second kappa shape index (κ2) is 4.30. The van der Waals surface area contributed by atoms with Gasteiger partial charge in [-0.2, -0.15) is 0 Å². The van der Waals surface area contributed by atoms with Gasteiger partial charge in [-0.25, -0.2) is 4.79 Å². The average molecular weight is 173 g/mol. The fourth-order valence-corrected chi connectivity index (χ4v) is 1.71. The largest absolute Gasteiger partial charge is 0.506 e. The predicted molar refractivity (Wildman–Crippen MR) is 43.9 cm³/mol. The molecule has 4 heteroatoms. The first-order chi connectivity index (χ1) is 5.72. The van der Waals surface area contributed by atoms with E-state index in [0.717, 1.165) is 25.7 Å². The molecular weight excluding hydrogens is 158 g/mol. The van der Waals surface area contributed by atoms with Crippen LogP contribution in [0.4, 0.5) is 4.79 Å². The van der Waals surface area contributed by atoms with Gasteiger partial charge in [0.15, 0.2) is 0 Å². The summed E-state index contributed by atoms with van der Waals surface area (Å²) in [4.78, 5) is 10.2. The van der Waals surface area contributed by atoms with Gasteiger partial charge in [-0.15, -0.1) is 0 Å². The number of ether oxygens (including phenoxy) is 1. The normalized spacial score (nSPS) is 29.8. The van der Waals surface area contributed by atoms with E-state index in [9.17, 15) is 4.79 Å². The van der Waals surface area contributed by atoms with Gasteiger partial charge in [0, 0.05) is 0 Å². The summed E-state index contributed by atoms with van der Waals surface area (Å²) in [6, 6.07) is 0. The molecule has 0 radical (unpaired) electrons. The molecule has 1 rings (SSSR count). The van der Waals surface area contributed by atoms with Gasteiger partial charge in [-0.1, -0.05) is 0 Å². The molecule has 70 valence electrons. The van der Waals surface area contributed by atoms with Gasteiger partial charge in [-0.3, -0.25) is 0 Å².